The van der Waals surface area contributed by atoms with Crippen molar-refractivity contribution in [2.45, 2.75) is 13.0 Å². The molecule has 2 aromatic rings. The summed E-state index contributed by atoms with van der Waals surface area (Å²) < 4.78 is 7.56. The largest absolute Gasteiger partial charge is 0.378 e. The lowest BCUT2D eigenvalue weighted by molar-refractivity contribution is 0.122. The van der Waals surface area contributed by atoms with Gasteiger partial charge in [0, 0.05) is 26.1 Å². The van der Waals surface area contributed by atoms with E-state index in [1.165, 1.54) is 0 Å². The molecule has 0 amide bonds. The molecule has 6 nitrogen and oxygen atoms in total. The van der Waals surface area contributed by atoms with Crippen LogP contribution in [-0.4, -0.2) is 45.8 Å². The van der Waals surface area contributed by atoms with Gasteiger partial charge in [0.25, 0.3) is 0 Å². The van der Waals surface area contributed by atoms with E-state index in [1.54, 1.807) is 6.33 Å². The molecule has 0 aliphatic carbocycles. The molecule has 4 heterocycles. The second-order valence-electron chi connectivity index (χ2n) is 4.78. The zero-order chi connectivity index (χ0) is 12.7. The Morgan fingerprint density at radius 3 is 2.89 bits per heavy atom. The van der Waals surface area contributed by atoms with Crippen LogP contribution in [0.1, 0.15) is 5.82 Å². The molecule has 2 aromatic heterocycles. The highest BCUT2D eigenvalue weighted by Crippen LogP contribution is 2.25. The van der Waals surface area contributed by atoms with Gasteiger partial charge in [0.1, 0.15) is 12.2 Å². The number of hydrogen-bond acceptors (Lipinski definition) is 5. The lowest BCUT2D eigenvalue weighted by Gasteiger charge is -2.27. The SMILES string of the molecule is C1=CCn2c(nc3c(N4CCOCC4)ncnc32)C1. The maximum absolute atomic E-state index is 5.39. The third-order valence-corrected chi connectivity index (χ3v) is 3.66. The zero-order valence-corrected chi connectivity index (χ0v) is 10.6. The Morgan fingerprint density at radius 1 is 1.11 bits per heavy atom. The van der Waals surface area contributed by atoms with Crippen LogP contribution in [0.5, 0.6) is 0 Å². The first-order valence-electron chi connectivity index (χ1n) is 6.61. The molecule has 98 valence electrons. The van der Waals surface area contributed by atoms with Gasteiger partial charge in [-0.3, -0.25) is 0 Å². The van der Waals surface area contributed by atoms with Crippen molar-refractivity contribution in [1.82, 2.24) is 19.5 Å². The Labute approximate surface area is 110 Å². The molecule has 0 atom stereocenters. The maximum Gasteiger partial charge on any atom is 0.165 e. The molecule has 0 spiro atoms. The molecule has 0 bridgehead atoms. The van der Waals surface area contributed by atoms with Gasteiger partial charge >= 0.3 is 0 Å². The second-order valence-corrected chi connectivity index (χ2v) is 4.78. The third-order valence-electron chi connectivity index (χ3n) is 3.66. The number of fused-ring (bicyclic) bond motifs is 3. The van der Waals surface area contributed by atoms with E-state index in [9.17, 15) is 0 Å². The highest BCUT2D eigenvalue weighted by molar-refractivity contribution is 5.84. The van der Waals surface area contributed by atoms with Crippen LogP contribution in [0.25, 0.3) is 11.2 Å². The molecule has 6 heteroatoms. The Morgan fingerprint density at radius 2 is 2.00 bits per heavy atom. The molecule has 0 radical (unpaired) electrons. The van der Waals surface area contributed by atoms with Gasteiger partial charge in [0.2, 0.25) is 0 Å². The molecule has 0 unspecified atom stereocenters. The molecule has 1 fully saturated rings. The van der Waals surface area contributed by atoms with Gasteiger partial charge in [-0.25, -0.2) is 15.0 Å². The van der Waals surface area contributed by atoms with Crippen LogP contribution in [0.15, 0.2) is 18.5 Å². The van der Waals surface area contributed by atoms with E-state index >= 15 is 0 Å². The summed E-state index contributed by atoms with van der Waals surface area (Å²) in [4.78, 5) is 15.8. The topological polar surface area (TPSA) is 56.1 Å². The lowest BCUT2D eigenvalue weighted by atomic mass is 10.3. The predicted octanol–water partition coefficient (Wildman–Crippen LogP) is 0.775. The number of rotatable bonds is 1. The highest BCUT2D eigenvalue weighted by atomic mass is 16.5. The van der Waals surface area contributed by atoms with Crippen molar-refractivity contribution < 1.29 is 4.74 Å². The minimum Gasteiger partial charge on any atom is -0.378 e. The van der Waals surface area contributed by atoms with Gasteiger partial charge in [0.15, 0.2) is 17.0 Å². The fourth-order valence-corrected chi connectivity index (χ4v) is 2.69. The van der Waals surface area contributed by atoms with Crippen molar-refractivity contribution in [2.24, 2.45) is 0 Å². The number of ether oxygens (including phenoxy) is 1. The smallest absolute Gasteiger partial charge is 0.165 e. The van der Waals surface area contributed by atoms with E-state index in [-0.39, 0.29) is 0 Å². The van der Waals surface area contributed by atoms with Gasteiger partial charge < -0.3 is 14.2 Å². The van der Waals surface area contributed by atoms with Gasteiger partial charge in [-0.1, -0.05) is 12.2 Å². The van der Waals surface area contributed by atoms with Crippen LogP contribution < -0.4 is 4.90 Å². The quantitative estimate of drug-likeness (QED) is 0.706. The first-order chi connectivity index (χ1) is 9.43. The van der Waals surface area contributed by atoms with E-state index in [0.717, 1.165) is 62.1 Å². The number of imidazole rings is 1. The number of anilines is 1. The molecule has 2 aliphatic rings. The summed E-state index contributed by atoms with van der Waals surface area (Å²) in [5.41, 5.74) is 1.86. The molecule has 4 rings (SSSR count). The van der Waals surface area contributed by atoms with E-state index in [2.05, 4.69) is 31.6 Å². The van der Waals surface area contributed by atoms with Crippen LogP contribution in [0, 0.1) is 0 Å². The van der Waals surface area contributed by atoms with Crippen LogP contribution >= 0.6 is 0 Å². The molecule has 0 N–H and O–H groups in total. The minimum absolute atomic E-state index is 0.751. The highest BCUT2D eigenvalue weighted by Gasteiger charge is 2.21. The minimum atomic E-state index is 0.751. The average Bonchev–Trinajstić information content (AvgIpc) is 2.87. The van der Waals surface area contributed by atoms with Crippen molar-refractivity contribution >= 4 is 17.0 Å². The molecule has 19 heavy (non-hydrogen) atoms. The van der Waals surface area contributed by atoms with Crippen LogP contribution in [0.3, 0.4) is 0 Å². The fourth-order valence-electron chi connectivity index (χ4n) is 2.69. The lowest BCUT2D eigenvalue weighted by Crippen LogP contribution is -2.36. The van der Waals surface area contributed by atoms with E-state index in [1.807, 2.05) is 0 Å². The summed E-state index contributed by atoms with van der Waals surface area (Å²) >= 11 is 0. The van der Waals surface area contributed by atoms with Gasteiger partial charge in [-0.2, -0.15) is 0 Å². The monoisotopic (exact) mass is 257 g/mol. The summed E-state index contributed by atoms with van der Waals surface area (Å²) in [6, 6.07) is 0. The standard InChI is InChI=1S/C13H15N5O/c1-2-4-18-10(3-1)16-11-12(14-9-15-13(11)18)17-5-7-19-8-6-17/h1-2,9H,3-8H2. The number of morpholine rings is 1. The number of hydrogen-bond donors (Lipinski definition) is 0. The van der Waals surface area contributed by atoms with E-state index in [0.29, 0.717) is 0 Å². The van der Waals surface area contributed by atoms with Crippen LogP contribution in [-0.2, 0) is 17.7 Å². The Bertz CT molecular complexity index is 642. The zero-order valence-electron chi connectivity index (χ0n) is 10.6. The second kappa shape index (κ2) is 4.31. The van der Waals surface area contributed by atoms with Crippen molar-refractivity contribution in [3.63, 3.8) is 0 Å². The molecule has 0 saturated carbocycles. The van der Waals surface area contributed by atoms with Crippen molar-refractivity contribution in [3.05, 3.63) is 24.3 Å². The Hall–Kier alpha value is -1.95. The summed E-state index contributed by atoms with van der Waals surface area (Å²) in [5, 5.41) is 0. The van der Waals surface area contributed by atoms with Gasteiger partial charge in [-0.15, -0.1) is 0 Å². The molecular formula is C13H15N5O. The predicted molar refractivity (Wildman–Crippen MR) is 71.2 cm³/mol. The summed E-state index contributed by atoms with van der Waals surface area (Å²) in [7, 11) is 0. The normalized spacial score (nSPS) is 18.8. The molecular weight excluding hydrogens is 242 g/mol. The first-order valence-corrected chi connectivity index (χ1v) is 6.61. The Kier molecular flexibility index (Phi) is 2.48. The Balaban J connectivity index is 1.85. The summed E-state index contributed by atoms with van der Waals surface area (Å²) in [5.74, 6) is 2.02. The van der Waals surface area contributed by atoms with E-state index < -0.39 is 0 Å². The summed E-state index contributed by atoms with van der Waals surface area (Å²) in [6.07, 6.45) is 6.83. The van der Waals surface area contributed by atoms with Gasteiger partial charge in [0.05, 0.1) is 13.2 Å². The number of allylic oxidation sites excluding steroid dienone is 2. The van der Waals surface area contributed by atoms with Crippen LogP contribution in [0.4, 0.5) is 5.82 Å². The van der Waals surface area contributed by atoms with Crippen molar-refractivity contribution in [1.29, 1.82) is 0 Å². The fraction of sp³-hybridized carbons (Fsp3) is 0.462. The van der Waals surface area contributed by atoms with E-state index in [4.69, 9.17) is 9.72 Å². The van der Waals surface area contributed by atoms with Crippen molar-refractivity contribution in [3.8, 4) is 0 Å². The molecule has 0 aromatic carbocycles. The number of nitrogens with zero attached hydrogens (tertiary/aromatic N) is 5. The average molecular weight is 257 g/mol. The first kappa shape index (κ1) is 10.9. The molecule has 2 aliphatic heterocycles. The summed E-state index contributed by atoms with van der Waals surface area (Å²) in [6.45, 7) is 4.09. The number of aromatic nitrogens is 4. The van der Waals surface area contributed by atoms with Crippen molar-refractivity contribution in [2.75, 3.05) is 31.2 Å². The third kappa shape index (κ3) is 1.71. The van der Waals surface area contributed by atoms with Gasteiger partial charge in [-0.05, 0) is 0 Å². The molecule has 1 saturated heterocycles. The maximum atomic E-state index is 5.39. The van der Waals surface area contributed by atoms with Crippen LogP contribution in [0.2, 0.25) is 0 Å².